The van der Waals surface area contributed by atoms with Crippen LogP contribution >= 0.6 is 15.9 Å². The number of fused-ring (bicyclic) bond motifs is 1. The van der Waals surface area contributed by atoms with Crippen molar-refractivity contribution in [2.45, 2.75) is 12.5 Å². The predicted molar refractivity (Wildman–Crippen MR) is 107 cm³/mol. The van der Waals surface area contributed by atoms with Crippen LogP contribution in [0.5, 0.6) is 0 Å². The number of rotatable bonds is 3. The Labute approximate surface area is 161 Å². The first-order chi connectivity index (χ1) is 12.6. The van der Waals surface area contributed by atoms with Crippen molar-refractivity contribution in [3.8, 4) is 11.3 Å². The Balaban J connectivity index is 1.82. The lowest BCUT2D eigenvalue weighted by atomic mass is 10.1. The standard InChI is InChI=1S/C19H19BrN6/c1-21-14-6-4-13(5-7-14)17-16(20)18-22-9-11-26(18)19(23-17)25-10-8-15(12-25)24(2)3/h4-7,9,11,15H,8,10,12H2,2-3H3/t15-/m1/s1. The molecule has 1 aliphatic rings. The summed E-state index contributed by atoms with van der Waals surface area (Å²) in [5.41, 5.74) is 3.30. The topological polar surface area (TPSA) is 41.0 Å². The Hall–Kier alpha value is -2.43. The highest BCUT2D eigenvalue weighted by Crippen LogP contribution is 2.34. The molecule has 1 aliphatic heterocycles. The van der Waals surface area contributed by atoms with E-state index in [0.29, 0.717) is 11.7 Å². The zero-order valence-electron chi connectivity index (χ0n) is 14.7. The Morgan fingerprint density at radius 2 is 2.04 bits per heavy atom. The van der Waals surface area contributed by atoms with Gasteiger partial charge in [0.25, 0.3) is 0 Å². The summed E-state index contributed by atoms with van der Waals surface area (Å²) in [4.78, 5) is 17.6. The molecule has 0 bridgehead atoms. The molecule has 1 atom stereocenters. The molecule has 0 radical (unpaired) electrons. The van der Waals surface area contributed by atoms with E-state index in [2.05, 4.69) is 49.7 Å². The first-order valence-electron chi connectivity index (χ1n) is 8.50. The van der Waals surface area contributed by atoms with Gasteiger partial charge in [0.15, 0.2) is 11.3 Å². The maximum Gasteiger partial charge on any atom is 0.212 e. The number of hydrogen-bond donors (Lipinski definition) is 0. The van der Waals surface area contributed by atoms with Gasteiger partial charge in [-0.15, -0.1) is 0 Å². The molecule has 0 amide bonds. The number of benzene rings is 1. The van der Waals surface area contributed by atoms with E-state index in [1.807, 2.05) is 34.9 Å². The molecule has 1 saturated heterocycles. The highest BCUT2D eigenvalue weighted by atomic mass is 79.9. The molecular weight excluding hydrogens is 392 g/mol. The molecule has 3 aromatic rings. The van der Waals surface area contributed by atoms with E-state index >= 15 is 0 Å². The monoisotopic (exact) mass is 410 g/mol. The Bertz CT molecular complexity index is 986. The van der Waals surface area contributed by atoms with Crippen LogP contribution in [0.25, 0.3) is 21.7 Å². The summed E-state index contributed by atoms with van der Waals surface area (Å²) in [6.07, 6.45) is 4.88. The third-order valence-electron chi connectivity index (χ3n) is 4.92. The molecule has 6 nitrogen and oxygen atoms in total. The van der Waals surface area contributed by atoms with Crippen LogP contribution in [0.15, 0.2) is 41.1 Å². The molecule has 0 N–H and O–H groups in total. The number of aromatic nitrogens is 3. The highest BCUT2D eigenvalue weighted by molar-refractivity contribution is 9.10. The Morgan fingerprint density at radius 1 is 1.27 bits per heavy atom. The first-order valence-corrected chi connectivity index (χ1v) is 9.29. The quantitative estimate of drug-likeness (QED) is 0.614. The molecule has 1 aromatic carbocycles. The van der Waals surface area contributed by atoms with Crippen molar-refractivity contribution < 1.29 is 0 Å². The van der Waals surface area contributed by atoms with Gasteiger partial charge in [0, 0.05) is 31.5 Å². The smallest absolute Gasteiger partial charge is 0.212 e. The minimum atomic E-state index is 0.528. The van der Waals surface area contributed by atoms with Crippen LogP contribution < -0.4 is 4.90 Å². The third kappa shape index (κ3) is 2.85. The van der Waals surface area contributed by atoms with Crippen LogP contribution in [-0.4, -0.2) is 52.5 Å². The predicted octanol–water partition coefficient (Wildman–Crippen LogP) is 3.85. The van der Waals surface area contributed by atoms with Crippen LogP contribution in [0.4, 0.5) is 11.6 Å². The van der Waals surface area contributed by atoms with Crippen molar-refractivity contribution in [3.05, 3.63) is 52.5 Å². The molecule has 3 heterocycles. The van der Waals surface area contributed by atoms with Gasteiger partial charge >= 0.3 is 0 Å². The van der Waals surface area contributed by atoms with Crippen LogP contribution in [-0.2, 0) is 0 Å². The minimum Gasteiger partial charge on any atom is -0.340 e. The minimum absolute atomic E-state index is 0.528. The number of imidazole rings is 1. The second kappa shape index (κ2) is 6.71. The largest absolute Gasteiger partial charge is 0.340 e. The van der Waals surface area contributed by atoms with Crippen LogP contribution in [0.2, 0.25) is 0 Å². The second-order valence-corrected chi connectivity index (χ2v) is 7.50. The van der Waals surface area contributed by atoms with Crippen molar-refractivity contribution in [3.63, 3.8) is 0 Å². The molecule has 132 valence electrons. The lowest BCUT2D eigenvalue weighted by Crippen LogP contribution is -2.32. The van der Waals surface area contributed by atoms with Crippen molar-refractivity contribution in [1.82, 2.24) is 19.3 Å². The van der Waals surface area contributed by atoms with E-state index in [1.165, 1.54) is 0 Å². The maximum absolute atomic E-state index is 7.12. The zero-order valence-corrected chi connectivity index (χ0v) is 16.3. The fraction of sp³-hybridized carbons (Fsp3) is 0.316. The first kappa shape index (κ1) is 17.0. The number of nitrogens with zero attached hydrogens (tertiary/aromatic N) is 6. The van der Waals surface area contributed by atoms with E-state index in [4.69, 9.17) is 11.6 Å². The SMILES string of the molecule is [C-]#[N+]c1ccc(-c2nc(N3CC[C@@H](N(C)C)C3)n3ccnc3c2Br)cc1. The fourth-order valence-electron chi connectivity index (χ4n) is 3.39. The molecular formula is C19H19BrN6. The number of hydrogen-bond acceptors (Lipinski definition) is 4. The molecule has 0 spiro atoms. The van der Waals surface area contributed by atoms with Gasteiger partial charge < -0.3 is 9.80 Å². The van der Waals surface area contributed by atoms with Crippen LogP contribution in [0.3, 0.4) is 0 Å². The molecule has 7 heteroatoms. The van der Waals surface area contributed by atoms with Crippen molar-refractivity contribution in [2.24, 2.45) is 0 Å². The number of likely N-dealkylation sites (N-methyl/N-ethyl adjacent to an activating group) is 1. The van der Waals surface area contributed by atoms with Gasteiger partial charge in [0.05, 0.1) is 16.7 Å². The summed E-state index contributed by atoms with van der Waals surface area (Å²) in [6.45, 7) is 9.05. The molecule has 2 aromatic heterocycles. The molecule has 0 saturated carbocycles. The summed E-state index contributed by atoms with van der Waals surface area (Å²) in [6, 6.07) is 8.06. The van der Waals surface area contributed by atoms with Crippen molar-refractivity contribution in [1.29, 1.82) is 0 Å². The molecule has 1 fully saturated rings. The normalized spacial score (nSPS) is 17.2. The van der Waals surface area contributed by atoms with E-state index in [1.54, 1.807) is 6.20 Å². The summed E-state index contributed by atoms with van der Waals surface area (Å²) in [5.74, 6) is 0.911. The van der Waals surface area contributed by atoms with Gasteiger partial charge in [0.2, 0.25) is 5.95 Å². The third-order valence-corrected chi connectivity index (χ3v) is 5.65. The summed E-state index contributed by atoms with van der Waals surface area (Å²) in [5, 5.41) is 0. The lowest BCUT2D eigenvalue weighted by molar-refractivity contribution is 0.315. The summed E-state index contributed by atoms with van der Waals surface area (Å²) >= 11 is 3.68. The van der Waals surface area contributed by atoms with Crippen LogP contribution in [0, 0.1) is 6.57 Å². The van der Waals surface area contributed by atoms with Crippen molar-refractivity contribution in [2.75, 3.05) is 32.1 Å². The molecule has 0 aliphatic carbocycles. The van der Waals surface area contributed by atoms with Crippen LogP contribution in [0.1, 0.15) is 6.42 Å². The average Bonchev–Trinajstić information content (AvgIpc) is 3.32. The van der Waals surface area contributed by atoms with E-state index < -0.39 is 0 Å². The second-order valence-electron chi connectivity index (χ2n) is 6.71. The summed E-state index contributed by atoms with van der Waals surface area (Å²) < 4.78 is 2.91. The molecule has 4 rings (SSSR count). The van der Waals surface area contributed by atoms with E-state index in [-0.39, 0.29) is 0 Å². The van der Waals surface area contributed by atoms with E-state index in [0.717, 1.165) is 46.8 Å². The van der Waals surface area contributed by atoms with Gasteiger partial charge in [-0.05, 0) is 42.0 Å². The highest BCUT2D eigenvalue weighted by Gasteiger charge is 2.27. The van der Waals surface area contributed by atoms with Gasteiger partial charge in [-0.2, -0.15) is 0 Å². The van der Waals surface area contributed by atoms with Gasteiger partial charge in [-0.1, -0.05) is 24.3 Å². The molecule has 26 heavy (non-hydrogen) atoms. The fourth-order valence-corrected chi connectivity index (χ4v) is 4.00. The maximum atomic E-state index is 7.12. The van der Waals surface area contributed by atoms with Gasteiger partial charge in [-0.3, -0.25) is 4.40 Å². The van der Waals surface area contributed by atoms with Gasteiger partial charge in [0.1, 0.15) is 0 Å². The summed E-state index contributed by atoms with van der Waals surface area (Å²) in [7, 11) is 4.25. The van der Waals surface area contributed by atoms with Gasteiger partial charge in [-0.25, -0.2) is 14.8 Å². The number of halogens is 1. The van der Waals surface area contributed by atoms with E-state index in [9.17, 15) is 0 Å². The Morgan fingerprint density at radius 3 is 2.69 bits per heavy atom. The van der Waals surface area contributed by atoms with Crippen molar-refractivity contribution >= 4 is 33.2 Å². The molecule has 0 unspecified atom stereocenters. The lowest BCUT2D eigenvalue weighted by Gasteiger charge is -2.22. The average molecular weight is 411 g/mol. The zero-order chi connectivity index (χ0) is 18.3. The number of anilines is 1. The Kier molecular flexibility index (Phi) is 4.39.